The molecule has 0 aromatic heterocycles. The molecule has 0 heterocycles. The van der Waals surface area contributed by atoms with Gasteiger partial charge in [0.25, 0.3) is 0 Å². The molecule has 3 N–H and O–H groups in total. The van der Waals surface area contributed by atoms with Gasteiger partial charge >= 0.3 is 39.5 Å². The van der Waals surface area contributed by atoms with Crippen molar-refractivity contribution in [1.29, 1.82) is 0 Å². The molecule has 0 spiro atoms. The first-order valence-electron chi connectivity index (χ1n) is 37.3. The SMILES string of the molecule is CCCCCCCCCCCCCCCCCCC(=O)O[C@H](COC(=O)CCCCCCCCCCCCC(C)C)COP(=O)(O)OC[C@@H](O)COP(=O)(O)OC[C@@H](COC(=O)CCCCCCCCCCC(C)C)OC(=O)CCCCCCCCCCC(C)C. The summed E-state index contributed by atoms with van der Waals surface area (Å²) in [5.74, 6) is 0.0785. The van der Waals surface area contributed by atoms with Crippen molar-refractivity contribution in [2.24, 2.45) is 17.8 Å². The van der Waals surface area contributed by atoms with E-state index in [-0.39, 0.29) is 25.7 Å². The summed E-state index contributed by atoms with van der Waals surface area (Å²) < 4.78 is 68.4. The number of hydrogen-bond acceptors (Lipinski definition) is 15. The molecule has 0 radical (unpaired) electrons. The zero-order chi connectivity index (χ0) is 67.3. The molecular formula is C72H140O17P2. The molecule has 0 aromatic carbocycles. The van der Waals surface area contributed by atoms with E-state index in [0.29, 0.717) is 25.7 Å². The van der Waals surface area contributed by atoms with Gasteiger partial charge in [0.2, 0.25) is 0 Å². The van der Waals surface area contributed by atoms with Gasteiger partial charge in [0, 0.05) is 25.7 Å². The summed E-state index contributed by atoms with van der Waals surface area (Å²) in [5.41, 5.74) is 0. The Bertz CT molecular complexity index is 1780. The van der Waals surface area contributed by atoms with E-state index in [2.05, 4.69) is 48.5 Å². The molecule has 0 amide bonds. The Kier molecular flexibility index (Phi) is 61.5. The maximum absolute atomic E-state index is 13.0. The van der Waals surface area contributed by atoms with Gasteiger partial charge in [-0.05, 0) is 43.4 Å². The number of aliphatic hydroxyl groups is 1. The molecule has 0 aromatic rings. The number of aliphatic hydroxyl groups excluding tert-OH is 1. The van der Waals surface area contributed by atoms with Crippen molar-refractivity contribution in [1.82, 2.24) is 0 Å². The fourth-order valence-electron chi connectivity index (χ4n) is 10.9. The van der Waals surface area contributed by atoms with Gasteiger partial charge in [-0.1, -0.05) is 312 Å². The summed E-state index contributed by atoms with van der Waals surface area (Å²) in [6.07, 6.45) is 47.2. The third-order valence-electron chi connectivity index (χ3n) is 16.6. The highest BCUT2D eigenvalue weighted by atomic mass is 31.2. The molecule has 0 saturated carbocycles. The molecule has 17 nitrogen and oxygen atoms in total. The normalized spacial score (nSPS) is 14.2. The average Bonchev–Trinajstić information content (AvgIpc) is 3.66. The number of unbranched alkanes of at least 4 members (excludes halogenated alkanes) is 38. The van der Waals surface area contributed by atoms with Gasteiger partial charge in [-0.15, -0.1) is 0 Å². The zero-order valence-electron chi connectivity index (χ0n) is 59.3. The maximum Gasteiger partial charge on any atom is 0.472 e. The number of esters is 4. The molecule has 0 fully saturated rings. The van der Waals surface area contributed by atoms with Gasteiger partial charge in [0.05, 0.1) is 26.4 Å². The second kappa shape index (κ2) is 62.8. The van der Waals surface area contributed by atoms with E-state index < -0.39 is 97.5 Å². The van der Waals surface area contributed by atoms with Crippen molar-refractivity contribution in [3.63, 3.8) is 0 Å². The molecule has 0 aliphatic carbocycles. The summed E-state index contributed by atoms with van der Waals surface area (Å²) in [6, 6.07) is 0. The third-order valence-corrected chi connectivity index (χ3v) is 18.5. The smallest absolute Gasteiger partial charge is 0.462 e. The number of carbonyl (C=O) groups excluding carboxylic acids is 4. The Morgan fingerprint density at radius 2 is 0.505 bits per heavy atom. The van der Waals surface area contributed by atoms with Crippen molar-refractivity contribution in [2.75, 3.05) is 39.6 Å². The Morgan fingerprint density at radius 3 is 0.747 bits per heavy atom. The van der Waals surface area contributed by atoms with E-state index in [1.807, 2.05) is 0 Å². The number of rotatable bonds is 70. The number of carbonyl (C=O) groups is 4. The van der Waals surface area contributed by atoms with Crippen LogP contribution in [0.5, 0.6) is 0 Å². The van der Waals surface area contributed by atoms with Crippen LogP contribution in [0.2, 0.25) is 0 Å². The van der Waals surface area contributed by atoms with Crippen LogP contribution in [0.4, 0.5) is 0 Å². The van der Waals surface area contributed by atoms with Crippen LogP contribution in [-0.2, 0) is 65.4 Å². The van der Waals surface area contributed by atoms with Crippen LogP contribution in [-0.4, -0.2) is 96.7 Å². The minimum atomic E-state index is -4.95. The quantitative estimate of drug-likeness (QED) is 0.0222. The van der Waals surface area contributed by atoms with Gasteiger partial charge in [0.1, 0.15) is 19.3 Å². The molecule has 91 heavy (non-hydrogen) atoms. The standard InChI is InChI=1S/C72H140O17P2/c1-8-9-10-11-12-13-14-15-16-17-18-19-24-34-41-48-55-71(76)88-67(59-82-69(74)53-46-39-32-23-21-20-22-29-36-43-50-63(2)3)61-86-90(78,79)84-57-66(73)58-85-91(80,81)87-62-68(89-72(77)56-49-42-35-28-26-31-38-45-52-65(6)7)60-83-70(75)54-47-40-33-27-25-30-37-44-51-64(4)5/h63-68,73H,8-62H2,1-7H3,(H,78,79)(H,80,81)/t66-,67-,68-/m1/s1. The second-order valence-corrected chi connectivity index (χ2v) is 30.3. The molecule has 19 heteroatoms. The molecule has 2 unspecified atom stereocenters. The van der Waals surface area contributed by atoms with Crippen LogP contribution in [0.15, 0.2) is 0 Å². The van der Waals surface area contributed by atoms with Crippen LogP contribution in [0, 0.1) is 17.8 Å². The van der Waals surface area contributed by atoms with Crippen LogP contribution in [0.3, 0.4) is 0 Å². The van der Waals surface area contributed by atoms with Crippen LogP contribution >= 0.6 is 15.6 Å². The molecule has 0 aliphatic heterocycles. The largest absolute Gasteiger partial charge is 0.472 e. The number of hydrogen-bond donors (Lipinski definition) is 3. The maximum atomic E-state index is 13.0. The predicted molar refractivity (Wildman–Crippen MR) is 368 cm³/mol. The molecule has 0 rings (SSSR count). The van der Waals surface area contributed by atoms with Gasteiger partial charge in [-0.25, -0.2) is 9.13 Å². The van der Waals surface area contributed by atoms with Gasteiger partial charge in [-0.2, -0.15) is 0 Å². The van der Waals surface area contributed by atoms with Gasteiger partial charge in [0.15, 0.2) is 12.2 Å². The summed E-state index contributed by atoms with van der Waals surface area (Å²) >= 11 is 0. The molecule has 0 aliphatic rings. The third kappa shape index (κ3) is 66.5. The summed E-state index contributed by atoms with van der Waals surface area (Å²) in [4.78, 5) is 72.6. The lowest BCUT2D eigenvalue weighted by molar-refractivity contribution is -0.161. The van der Waals surface area contributed by atoms with E-state index >= 15 is 0 Å². The average molecular weight is 1340 g/mol. The van der Waals surface area contributed by atoms with E-state index in [9.17, 15) is 43.2 Å². The van der Waals surface area contributed by atoms with E-state index in [1.54, 1.807) is 0 Å². The number of phosphoric acid groups is 2. The minimum Gasteiger partial charge on any atom is -0.462 e. The Labute approximate surface area is 556 Å². The Hall–Kier alpha value is -1.94. The lowest BCUT2D eigenvalue weighted by atomic mass is 10.0. The summed E-state index contributed by atoms with van der Waals surface area (Å²) in [5, 5.41) is 10.6. The highest BCUT2D eigenvalue weighted by Gasteiger charge is 2.30. The fourth-order valence-corrected chi connectivity index (χ4v) is 12.5. The highest BCUT2D eigenvalue weighted by Crippen LogP contribution is 2.45. The van der Waals surface area contributed by atoms with Crippen LogP contribution in [0.1, 0.15) is 363 Å². The van der Waals surface area contributed by atoms with Crippen molar-refractivity contribution in [3.05, 3.63) is 0 Å². The lowest BCUT2D eigenvalue weighted by Gasteiger charge is -2.21. The second-order valence-electron chi connectivity index (χ2n) is 27.4. The lowest BCUT2D eigenvalue weighted by Crippen LogP contribution is -2.30. The monoisotopic (exact) mass is 1340 g/mol. The topological polar surface area (TPSA) is 237 Å². The van der Waals surface area contributed by atoms with Crippen molar-refractivity contribution in [3.8, 4) is 0 Å². The van der Waals surface area contributed by atoms with E-state index in [0.717, 1.165) is 108 Å². The van der Waals surface area contributed by atoms with E-state index in [4.69, 9.17) is 37.0 Å². The van der Waals surface area contributed by atoms with Crippen LogP contribution in [0.25, 0.3) is 0 Å². The van der Waals surface area contributed by atoms with E-state index in [1.165, 1.54) is 173 Å². The molecule has 0 bridgehead atoms. The predicted octanol–water partition coefficient (Wildman–Crippen LogP) is 20.6. The van der Waals surface area contributed by atoms with Gasteiger partial charge in [-0.3, -0.25) is 37.3 Å². The van der Waals surface area contributed by atoms with Crippen molar-refractivity contribution >= 4 is 39.5 Å². The Balaban J connectivity index is 5.25. The molecule has 0 saturated heterocycles. The first-order valence-corrected chi connectivity index (χ1v) is 40.3. The minimum absolute atomic E-state index is 0.104. The molecular weight excluding hydrogens is 1200 g/mol. The summed E-state index contributed by atoms with van der Waals surface area (Å²) in [7, 11) is -9.90. The highest BCUT2D eigenvalue weighted by molar-refractivity contribution is 7.47. The molecule has 540 valence electrons. The Morgan fingerprint density at radius 1 is 0.297 bits per heavy atom. The zero-order valence-corrected chi connectivity index (χ0v) is 61.1. The number of phosphoric ester groups is 2. The van der Waals surface area contributed by atoms with Crippen LogP contribution < -0.4 is 0 Å². The first-order chi connectivity index (χ1) is 43.7. The fraction of sp³-hybridized carbons (Fsp3) is 0.944. The summed E-state index contributed by atoms with van der Waals surface area (Å²) in [6.45, 7) is 11.8. The van der Waals surface area contributed by atoms with Gasteiger partial charge < -0.3 is 33.8 Å². The van der Waals surface area contributed by atoms with Crippen molar-refractivity contribution < 1.29 is 80.2 Å². The molecule has 5 atom stereocenters. The van der Waals surface area contributed by atoms with Crippen molar-refractivity contribution in [2.45, 2.75) is 381 Å². The first kappa shape index (κ1) is 89.1. The number of ether oxygens (including phenoxy) is 4.